The molecule has 0 aliphatic rings. The van der Waals surface area contributed by atoms with Crippen LogP contribution < -0.4 is 10.2 Å². The fraction of sp³-hybridized carbons (Fsp3) is 0.600. The van der Waals surface area contributed by atoms with Crippen molar-refractivity contribution in [3.05, 3.63) is 23.9 Å². The van der Waals surface area contributed by atoms with E-state index in [9.17, 15) is 9.90 Å². The molecule has 0 bridgehead atoms. The van der Waals surface area contributed by atoms with Gasteiger partial charge in [-0.25, -0.2) is 9.78 Å². The summed E-state index contributed by atoms with van der Waals surface area (Å²) in [6.45, 7) is 6.20. The van der Waals surface area contributed by atoms with Crippen LogP contribution in [0.1, 0.15) is 26.5 Å². The first-order valence-electron chi connectivity index (χ1n) is 7.17. The van der Waals surface area contributed by atoms with Crippen molar-refractivity contribution in [1.82, 2.24) is 15.2 Å². The standard InChI is InChI=1S/C15H26N4O2/c1-11(2)19(10-12(3)20)15(21)16-9-13-7-6-8-14(17-13)18(4)5/h6-8,11-12,20H,9-10H2,1-5H3,(H,16,21). The summed E-state index contributed by atoms with van der Waals surface area (Å²) in [6.07, 6.45) is -0.548. The lowest BCUT2D eigenvalue weighted by Crippen LogP contribution is -2.46. The third-order valence-electron chi connectivity index (χ3n) is 3.02. The van der Waals surface area contributed by atoms with Crippen LogP contribution in [-0.4, -0.2) is 53.8 Å². The van der Waals surface area contributed by atoms with Crippen molar-refractivity contribution in [3.63, 3.8) is 0 Å². The van der Waals surface area contributed by atoms with Crippen molar-refractivity contribution in [2.75, 3.05) is 25.5 Å². The number of amides is 2. The smallest absolute Gasteiger partial charge is 0.318 e. The van der Waals surface area contributed by atoms with Gasteiger partial charge in [0.25, 0.3) is 0 Å². The Hall–Kier alpha value is -1.82. The summed E-state index contributed by atoms with van der Waals surface area (Å²) in [5.74, 6) is 0.853. The average molecular weight is 294 g/mol. The lowest BCUT2D eigenvalue weighted by molar-refractivity contribution is 0.118. The molecule has 0 aromatic carbocycles. The minimum absolute atomic E-state index is 0.0284. The van der Waals surface area contributed by atoms with E-state index in [4.69, 9.17) is 0 Å². The number of carbonyl (C=O) groups excluding carboxylic acids is 1. The maximum Gasteiger partial charge on any atom is 0.318 e. The highest BCUT2D eigenvalue weighted by atomic mass is 16.3. The molecule has 21 heavy (non-hydrogen) atoms. The highest BCUT2D eigenvalue weighted by Crippen LogP contribution is 2.08. The summed E-state index contributed by atoms with van der Waals surface area (Å²) < 4.78 is 0. The summed E-state index contributed by atoms with van der Waals surface area (Å²) in [4.78, 5) is 20.2. The summed E-state index contributed by atoms with van der Waals surface area (Å²) in [5.41, 5.74) is 0.801. The first-order valence-corrected chi connectivity index (χ1v) is 7.17. The van der Waals surface area contributed by atoms with Gasteiger partial charge in [0.1, 0.15) is 5.82 Å². The van der Waals surface area contributed by atoms with E-state index in [2.05, 4.69) is 10.3 Å². The van der Waals surface area contributed by atoms with Crippen molar-refractivity contribution in [2.45, 2.75) is 39.5 Å². The van der Waals surface area contributed by atoms with Crippen LogP contribution in [0.4, 0.5) is 10.6 Å². The van der Waals surface area contributed by atoms with Gasteiger partial charge in [0.2, 0.25) is 0 Å². The van der Waals surface area contributed by atoms with E-state index in [1.807, 2.05) is 51.0 Å². The van der Waals surface area contributed by atoms with Gasteiger partial charge >= 0.3 is 6.03 Å². The Bertz CT molecular complexity index is 461. The van der Waals surface area contributed by atoms with Crippen molar-refractivity contribution in [1.29, 1.82) is 0 Å². The highest BCUT2D eigenvalue weighted by Gasteiger charge is 2.18. The molecule has 0 fully saturated rings. The zero-order valence-electron chi connectivity index (χ0n) is 13.5. The second-order valence-electron chi connectivity index (χ2n) is 5.64. The number of urea groups is 1. The van der Waals surface area contributed by atoms with E-state index in [1.165, 1.54) is 0 Å². The van der Waals surface area contributed by atoms with Crippen LogP contribution in [0.5, 0.6) is 0 Å². The maximum atomic E-state index is 12.2. The van der Waals surface area contributed by atoms with Crippen LogP contribution in [0.3, 0.4) is 0 Å². The molecule has 1 atom stereocenters. The lowest BCUT2D eigenvalue weighted by Gasteiger charge is -2.28. The molecule has 6 heteroatoms. The number of nitrogens with one attached hydrogen (secondary N) is 1. The normalized spacial score (nSPS) is 12.1. The predicted molar refractivity (Wildman–Crippen MR) is 84.3 cm³/mol. The van der Waals surface area contributed by atoms with Gasteiger partial charge < -0.3 is 20.2 Å². The van der Waals surface area contributed by atoms with Gasteiger partial charge in [-0.15, -0.1) is 0 Å². The molecule has 2 amide bonds. The number of nitrogens with zero attached hydrogens (tertiary/aromatic N) is 3. The molecule has 1 rings (SSSR count). The molecule has 1 unspecified atom stereocenters. The van der Waals surface area contributed by atoms with Gasteiger partial charge in [0, 0.05) is 26.7 Å². The number of aliphatic hydroxyl groups is 1. The van der Waals surface area contributed by atoms with Crippen molar-refractivity contribution < 1.29 is 9.90 Å². The number of rotatable bonds is 6. The molecule has 0 aliphatic carbocycles. The molecular weight excluding hydrogens is 268 g/mol. The zero-order valence-corrected chi connectivity index (χ0v) is 13.5. The van der Waals surface area contributed by atoms with Crippen LogP contribution in [0, 0.1) is 0 Å². The molecule has 0 saturated carbocycles. The Morgan fingerprint density at radius 2 is 2.00 bits per heavy atom. The molecule has 0 radical (unpaired) electrons. The van der Waals surface area contributed by atoms with Crippen LogP contribution in [-0.2, 0) is 6.54 Å². The number of aromatic nitrogens is 1. The Labute approximate surface area is 126 Å². The summed E-state index contributed by atoms with van der Waals surface area (Å²) >= 11 is 0. The third-order valence-corrected chi connectivity index (χ3v) is 3.02. The Morgan fingerprint density at radius 1 is 1.33 bits per heavy atom. The molecule has 118 valence electrons. The molecule has 0 spiro atoms. The van der Waals surface area contributed by atoms with Gasteiger partial charge in [0.15, 0.2) is 0 Å². The predicted octanol–water partition coefficient (Wildman–Crippen LogP) is 1.45. The van der Waals surface area contributed by atoms with E-state index in [0.717, 1.165) is 11.5 Å². The van der Waals surface area contributed by atoms with E-state index in [-0.39, 0.29) is 12.1 Å². The molecule has 1 heterocycles. The van der Waals surface area contributed by atoms with Crippen molar-refractivity contribution in [2.24, 2.45) is 0 Å². The second-order valence-corrected chi connectivity index (χ2v) is 5.64. The Kier molecular flexibility index (Phi) is 6.42. The van der Waals surface area contributed by atoms with E-state index >= 15 is 0 Å². The molecule has 0 saturated heterocycles. The highest BCUT2D eigenvalue weighted by molar-refractivity contribution is 5.74. The van der Waals surface area contributed by atoms with E-state index < -0.39 is 6.10 Å². The van der Waals surface area contributed by atoms with Crippen LogP contribution in [0.15, 0.2) is 18.2 Å². The zero-order chi connectivity index (χ0) is 16.0. The average Bonchev–Trinajstić information content (AvgIpc) is 2.42. The number of carbonyl (C=O) groups is 1. The second kappa shape index (κ2) is 7.83. The molecule has 1 aromatic rings. The molecular formula is C15H26N4O2. The van der Waals surface area contributed by atoms with Gasteiger partial charge in [-0.1, -0.05) is 6.07 Å². The lowest BCUT2D eigenvalue weighted by atomic mass is 10.3. The fourth-order valence-electron chi connectivity index (χ4n) is 1.90. The van der Waals surface area contributed by atoms with E-state index in [1.54, 1.807) is 11.8 Å². The van der Waals surface area contributed by atoms with Crippen LogP contribution >= 0.6 is 0 Å². The summed E-state index contributed by atoms with van der Waals surface area (Å²) in [6, 6.07) is 5.55. The number of pyridine rings is 1. The minimum Gasteiger partial charge on any atom is -0.392 e. The van der Waals surface area contributed by atoms with Gasteiger partial charge in [0.05, 0.1) is 18.3 Å². The molecule has 1 aromatic heterocycles. The molecule has 6 nitrogen and oxygen atoms in total. The SMILES string of the molecule is CC(O)CN(C(=O)NCc1cccc(N(C)C)n1)C(C)C. The quantitative estimate of drug-likeness (QED) is 0.833. The fourth-order valence-corrected chi connectivity index (χ4v) is 1.90. The van der Waals surface area contributed by atoms with Gasteiger partial charge in [-0.3, -0.25) is 0 Å². The van der Waals surface area contributed by atoms with Crippen LogP contribution in [0.2, 0.25) is 0 Å². The summed E-state index contributed by atoms with van der Waals surface area (Å²) in [7, 11) is 3.85. The van der Waals surface area contributed by atoms with Crippen LogP contribution in [0.25, 0.3) is 0 Å². The first-order chi connectivity index (χ1) is 9.81. The Balaban J connectivity index is 2.64. The Morgan fingerprint density at radius 3 is 2.52 bits per heavy atom. The minimum atomic E-state index is -0.548. The van der Waals surface area contributed by atoms with Gasteiger partial charge in [-0.2, -0.15) is 0 Å². The summed E-state index contributed by atoms with van der Waals surface area (Å²) in [5, 5.41) is 12.3. The topological polar surface area (TPSA) is 68.7 Å². The van der Waals surface area contributed by atoms with Crippen molar-refractivity contribution in [3.8, 4) is 0 Å². The third kappa shape index (κ3) is 5.59. The van der Waals surface area contributed by atoms with Crippen molar-refractivity contribution >= 4 is 11.8 Å². The largest absolute Gasteiger partial charge is 0.392 e. The number of aliphatic hydroxyl groups excluding tert-OH is 1. The monoisotopic (exact) mass is 294 g/mol. The maximum absolute atomic E-state index is 12.2. The molecule has 2 N–H and O–H groups in total. The number of hydrogen-bond donors (Lipinski definition) is 2. The number of anilines is 1. The first kappa shape index (κ1) is 17.2. The van der Waals surface area contributed by atoms with Gasteiger partial charge in [-0.05, 0) is 32.9 Å². The number of hydrogen-bond acceptors (Lipinski definition) is 4. The van der Waals surface area contributed by atoms with E-state index in [0.29, 0.717) is 13.1 Å². The molecule has 0 aliphatic heterocycles.